The number of Topliss-reactive ketones (excluding diaryl/α,β-unsaturated/α-hetero) is 1. The number of benzene rings is 2. The Bertz CT molecular complexity index is 1230. The van der Waals surface area contributed by atoms with E-state index in [-0.39, 0.29) is 29.4 Å². The molecule has 1 unspecified atom stereocenters. The monoisotopic (exact) mass is 471 g/mol. The standard InChI is InChI=1S/C23H20F3N5O3/c24-23(25,26)34-15-6-4-14(5-7-15)30-22(33)13-3-1-2-12(8-13)19-16(9-27)21(28)31-17-10-29-11-18(32)20(17)19/h1-9,19,29H,10-11,27H2,(H2,28,31)(H,30,33)/b16-9-. The Kier molecular flexibility index (Phi) is 6.12. The van der Waals surface area contributed by atoms with E-state index in [9.17, 15) is 22.8 Å². The van der Waals surface area contributed by atoms with Crippen LogP contribution in [-0.4, -0.2) is 37.0 Å². The summed E-state index contributed by atoms with van der Waals surface area (Å²) >= 11 is 0. The Hall–Kier alpha value is -4.12. The molecule has 34 heavy (non-hydrogen) atoms. The summed E-state index contributed by atoms with van der Waals surface area (Å²) < 4.78 is 40.8. The lowest BCUT2D eigenvalue weighted by atomic mass is 9.78. The number of ether oxygens (including phenoxy) is 1. The van der Waals surface area contributed by atoms with Crippen molar-refractivity contribution < 1.29 is 27.5 Å². The molecule has 176 valence electrons. The van der Waals surface area contributed by atoms with E-state index >= 15 is 0 Å². The van der Waals surface area contributed by atoms with Gasteiger partial charge in [0.2, 0.25) is 0 Å². The lowest BCUT2D eigenvalue weighted by Gasteiger charge is -2.31. The third-order valence-electron chi connectivity index (χ3n) is 5.35. The molecule has 0 aliphatic carbocycles. The van der Waals surface area contributed by atoms with Gasteiger partial charge < -0.3 is 26.8 Å². The summed E-state index contributed by atoms with van der Waals surface area (Å²) in [6.07, 6.45) is -3.50. The highest BCUT2D eigenvalue weighted by molar-refractivity contribution is 6.09. The Morgan fingerprint density at radius 3 is 2.59 bits per heavy atom. The van der Waals surface area contributed by atoms with Crippen LogP contribution in [-0.2, 0) is 4.79 Å². The first-order chi connectivity index (χ1) is 16.2. The highest BCUT2D eigenvalue weighted by Gasteiger charge is 2.36. The molecule has 0 bridgehead atoms. The van der Waals surface area contributed by atoms with Gasteiger partial charge in [0.05, 0.1) is 12.2 Å². The van der Waals surface area contributed by atoms with Crippen LogP contribution >= 0.6 is 0 Å². The van der Waals surface area contributed by atoms with Crippen LogP contribution in [0.5, 0.6) is 5.75 Å². The van der Waals surface area contributed by atoms with E-state index in [2.05, 4.69) is 20.4 Å². The molecule has 0 saturated heterocycles. The van der Waals surface area contributed by atoms with Gasteiger partial charge in [-0.1, -0.05) is 12.1 Å². The number of carbonyl (C=O) groups excluding carboxylic acids is 2. The van der Waals surface area contributed by atoms with Gasteiger partial charge in [-0.25, -0.2) is 4.99 Å². The number of hydrogen-bond donors (Lipinski definition) is 4. The summed E-state index contributed by atoms with van der Waals surface area (Å²) in [7, 11) is 0. The zero-order valence-electron chi connectivity index (χ0n) is 17.6. The van der Waals surface area contributed by atoms with E-state index in [1.165, 1.54) is 18.3 Å². The molecule has 8 nitrogen and oxygen atoms in total. The van der Waals surface area contributed by atoms with Gasteiger partial charge in [-0.2, -0.15) is 0 Å². The molecular formula is C23H20F3N5O3. The Balaban J connectivity index is 1.60. The first kappa shape index (κ1) is 23.1. The molecule has 2 heterocycles. The van der Waals surface area contributed by atoms with Crippen molar-refractivity contribution in [3.8, 4) is 5.75 Å². The average molecular weight is 471 g/mol. The summed E-state index contributed by atoms with van der Waals surface area (Å²) in [6.45, 7) is 0.529. The minimum Gasteiger partial charge on any atom is -0.406 e. The van der Waals surface area contributed by atoms with Crippen LogP contribution in [0.15, 0.2) is 76.6 Å². The van der Waals surface area contributed by atoms with Crippen LogP contribution in [0.1, 0.15) is 21.8 Å². The van der Waals surface area contributed by atoms with E-state index in [0.29, 0.717) is 29.0 Å². The molecule has 0 fully saturated rings. The Morgan fingerprint density at radius 2 is 1.91 bits per heavy atom. The van der Waals surface area contributed by atoms with Crippen molar-refractivity contribution >= 4 is 23.2 Å². The van der Waals surface area contributed by atoms with Crippen LogP contribution < -0.4 is 26.8 Å². The summed E-state index contributed by atoms with van der Waals surface area (Å²) in [5.41, 5.74) is 14.5. The predicted octanol–water partition coefficient (Wildman–Crippen LogP) is 2.56. The predicted molar refractivity (Wildman–Crippen MR) is 119 cm³/mol. The number of carbonyl (C=O) groups is 2. The number of anilines is 1. The highest BCUT2D eigenvalue weighted by Crippen LogP contribution is 2.38. The zero-order chi connectivity index (χ0) is 24.5. The lowest BCUT2D eigenvalue weighted by Crippen LogP contribution is -2.39. The van der Waals surface area contributed by atoms with E-state index in [4.69, 9.17) is 11.5 Å². The van der Waals surface area contributed by atoms with Gasteiger partial charge in [-0.3, -0.25) is 9.59 Å². The molecule has 2 aromatic rings. The molecule has 6 N–H and O–H groups in total. The molecular weight excluding hydrogens is 451 g/mol. The first-order valence-corrected chi connectivity index (χ1v) is 10.2. The largest absolute Gasteiger partial charge is 0.573 e. The fraction of sp³-hybridized carbons (Fsp3) is 0.174. The number of nitrogens with two attached hydrogens (primary N) is 2. The van der Waals surface area contributed by atoms with Gasteiger partial charge in [-0.05, 0) is 42.0 Å². The van der Waals surface area contributed by atoms with Crippen LogP contribution in [0.4, 0.5) is 18.9 Å². The van der Waals surface area contributed by atoms with Gasteiger partial charge in [-0.15, -0.1) is 13.2 Å². The fourth-order valence-electron chi connectivity index (χ4n) is 3.92. The number of amides is 1. The number of halogens is 3. The van der Waals surface area contributed by atoms with Gasteiger partial charge in [0.25, 0.3) is 5.91 Å². The van der Waals surface area contributed by atoms with Gasteiger partial charge >= 0.3 is 6.36 Å². The van der Waals surface area contributed by atoms with Crippen molar-refractivity contribution in [2.24, 2.45) is 16.5 Å². The van der Waals surface area contributed by atoms with Crippen molar-refractivity contribution in [2.45, 2.75) is 12.3 Å². The SMILES string of the molecule is N/C=C1\C(N)=NC2=C(C(=O)CNC2)C1c1cccc(C(=O)Nc2ccc(OC(F)(F)F)cc2)c1. The first-order valence-electron chi connectivity index (χ1n) is 10.2. The number of amidine groups is 1. The molecule has 0 saturated carbocycles. The summed E-state index contributed by atoms with van der Waals surface area (Å²) in [5, 5.41) is 5.60. The molecule has 0 spiro atoms. The van der Waals surface area contributed by atoms with Crippen molar-refractivity contribution in [3.05, 3.63) is 82.7 Å². The van der Waals surface area contributed by atoms with E-state index in [0.717, 1.165) is 12.1 Å². The van der Waals surface area contributed by atoms with Crippen molar-refractivity contribution in [3.63, 3.8) is 0 Å². The number of alkyl halides is 3. The number of rotatable bonds is 4. The third kappa shape index (κ3) is 4.79. The van der Waals surface area contributed by atoms with E-state index < -0.39 is 23.9 Å². The van der Waals surface area contributed by atoms with Crippen LogP contribution in [0.3, 0.4) is 0 Å². The average Bonchev–Trinajstić information content (AvgIpc) is 2.79. The molecule has 11 heteroatoms. The second-order valence-electron chi connectivity index (χ2n) is 7.59. The van der Waals surface area contributed by atoms with Gasteiger partial charge in [0, 0.05) is 41.1 Å². The maximum Gasteiger partial charge on any atom is 0.573 e. The minimum atomic E-state index is -4.81. The lowest BCUT2D eigenvalue weighted by molar-refractivity contribution is -0.274. The number of aliphatic imine (C=N–C) groups is 1. The summed E-state index contributed by atoms with van der Waals surface area (Å²) in [6, 6.07) is 11.4. The topological polar surface area (TPSA) is 132 Å². The quantitative estimate of drug-likeness (QED) is 0.542. The smallest absolute Gasteiger partial charge is 0.406 e. The molecule has 2 aliphatic heterocycles. The van der Waals surface area contributed by atoms with Crippen LogP contribution in [0, 0.1) is 0 Å². The molecule has 0 aromatic heterocycles. The zero-order valence-corrected chi connectivity index (χ0v) is 17.6. The molecule has 4 rings (SSSR count). The summed E-state index contributed by atoms with van der Waals surface area (Å²) in [4.78, 5) is 29.8. The maximum absolute atomic E-state index is 12.8. The normalized spacial score (nSPS) is 19.5. The van der Waals surface area contributed by atoms with Crippen molar-refractivity contribution in [1.82, 2.24) is 5.32 Å². The van der Waals surface area contributed by atoms with Gasteiger partial charge in [0.15, 0.2) is 5.78 Å². The minimum absolute atomic E-state index is 0.141. The second-order valence-corrected chi connectivity index (χ2v) is 7.59. The number of nitrogens with one attached hydrogen (secondary N) is 2. The molecule has 1 amide bonds. The Labute approximate surface area is 192 Å². The number of hydrogen-bond acceptors (Lipinski definition) is 7. The van der Waals surface area contributed by atoms with E-state index in [1.807, 2.05) is 0 Å². The fourth-order valence-corrected chi connectivity index (χ4v) is 3.92. The van der Waals surface area contributed by atoms with Crippen LogP contribution in [0.25, 0.3) is 0 Å². The molecule has 0 radical (unpaired) electrons. The van der Waals surface area contributed by atoms with E-state index in [1.54, 1.807) is 24.3 Å². The molecule has 1 atom stereocenters. The number of nitrogens with zero attached hydrogens (tertiary/aromatic N) is 1. The maximum atomic E-state index is 12.8. The Morgan fingerprint density at radius 1 is 1.18 bits per heavy atom. The van der Waals surface area contributed by atoms with Crippen molar-refractivity contribution in [2.75, 3.05) is 18.4 Å². The summed E-state index contributed by atoms with van der Waals surface area (Å²) in [5.74, 6) is -1.43. The third-order valence-corrected chi connectivity index (χ3v) is 5.35. The van der Waals surface area contributed by atoms with Crippen LogP contribution in [0.2, 0.25) is 0 Å². The highest BCUT2D eigenvalue weighted by atomic mass is 19.4. The number of ketones is 1. The molecule has 2 aromatic carbocycles. The van der Waals surface area contributed by atoms with Gasteiger partial charge in [0.1, 0.15) is 11.6 Å². The van der Waals surface area contributed by atoms with Crippen molar-refractivity contribution in [1.29, 1.82) is 0 Å². The second kappa shape index (κ2) is 9.02. The molecule has 2 aliphatic rings.